The van der Waals surface area contributed by atoms with Crippen LogP contribution in [0.25, 0.3) is 6.08 Å². The molecule has 0 fully saturated rings. The average molecular weight is 653 g/mol. The minimum Gasteiger partial charge on any atom is -0.463 e. The third-order valence-electron chi connectivity index (χ3n) is 8.93. The number of nitrogens with zero attached hydrogens (tertiary/aromatic N) is 4. The molecule has 0 bridgehead atoms. The van der Waals surface area contributed by atoms with Crippen LogP contribution in [0.2, 0.25) is 0 Å². The van der Waals surface area contributed by atoms with E-state index in [9.17, 15) is 10.1 Å². The Balaban J connectivity index is 2.50. The number of aryl methyl sites for hydroxylation is 2. The first-order valence-corrected chi connectivity index (χ1v) is 18.0. The lowest BCUT2D eigenvalue weighted by Crippen LogP contribution is -2.32. The highest BCUT2D eigenvalue weighted by atomic mass is 16.5. The molecule has 48 heavy (non-hydrogen) atoms. The van der Waals surface area contributed by atoms with Gasteiger partial charge in [0.15, 0.2) is 5.78 Å². The average Bonchev–Trinajstić information content (AvgIpc) is 3.08. The number of ketones is 1. The third-order valence-corrected chi connectivity index (χ3v) is 8.93. The van der Waals surface area contributed by atoms with Crippen molar-refractivity contribution in [2.24, 2.45) is 17.8 Å². The Kier molecular flexibility index (Phi) is 18.9. The molecule has 2 unspecified atom stereocenters. The maximum atomic E-state index is 11.9. The highest BCUT2D eigenvalue weighted by Crippen LogP contribution is 2.30. The number of benzene rings is 1. The van der Waals surface area contributed by atoms with Crippen molar-refractivity contribution in [3.05, 3.63) is 90.2 Å². The fourth-order valence-corrected chi connectivity index (χ4v) is 6.04. The van der Waals surface area contributed by atoms with Gasteiger partial charge in [0.05, 0.1) is 18.4 Å². The summed E-state index contributed by atoms with van der Waals surface area (Å²) in [6.07, 6.45) is 18.8. The molecule has 6 heteroatoms. The summed E-state index contributed by atoms with van der Waals surface area (Å²) in [4.78, 5) is 24.3. The zero-order valence-electron chi connectivity index (χ0n) is 30.5. The number of anilines is 1. The number of nitriles is 1. The van der Waals surface area contributed by atoms with Crippen molar-refractivity contribution in [2.45, 2.75) is 105 Å². The molecule has 0 aliphatic rings. The first-order valence-electron chi connectivity index (χ1n) is 18.0. The van der Waals surface area contributed by atoms with Crippen LogP contribution < -0.4 is 9.64 Å². The van der Waals surface area contributed by atoms with Crippen LogP contribution in [0.4, 0.5) is 5.82 Å². The van der Waals surface area contributed by atoms with Crippen LogP contribution in [-0.4, -0.2) is 35.4 Å². The molecule has 260 valence electrons. The smallest absolute Gasteiger partial charge is 0.318 e. The first-order chi connectivity index (χ1) is 23.2. The summed E-state index contributed by atoms with van der Waals surface area (Å²) in [5.74, 6) is 1.78. The van der Waals surface area contributed by atoms with Gasteiger partial charge in [-0.3, -0.25) is 4.79 Å². The molecule has 0 aliphatic carbocycles. The van der Waals surface area contributed by atoms with E-state index < -0.39 is 0 Å². The Morgan fingerprint density at radius 1 is 1.08 bits per heavy atom. The summed E-state index contributed by atoms with van der Waals surface area (Å²) in [6.45, 7) is 24.5. The van der Waals surface area contributed by atoms with E-state index in [0.29, 0.717) is 37.9 Å². The summed E-state index contributed by atoms with van der Waals surface area (Å²) in [6, 6.07) is 9.25. The van der Waals surface area contributed by atoms with Crippen molar-refractivity contribution < 1.29 is 9.53 Å². The van der Waals surface area contributed by atoms with Crippen molar-refractivity contribution in [3.8, 4) is 12.1 Å². The van der Waals surface area contributed by atoms with Gasteiger partial charge in [-0.2, -0.15) is 15.2 Å². The van der Waals surface area contributed by atoms with Crippen LogP contribution in [0.15, 0.2) is 62.2 Å². The second kappa shape index (κ2) is 22.6. The van der Waals surface area contributed by atoms with E-state index in [1.807, 2.05) is 12.2 Å². The number of unbranched alkanes of at least 4 members (excludes halogenated alkanes) is 2. The molecule has 0 amide bonds. The van der Waals surface area contributed by atoms with Gasteiger partial charge in [0.25, 0.3) is 0 Å². The van der Waals surface area contributed by atoms with E-state index in [1.165, 1.54) is 29.2 Å². The zero-order chi connectivity index (χ0) is 35.3. The minimum absolute atomic E-state index is 0.0653. The molecule has 0 spiro atoms. The van der Waals surface area contributed by atoms with Crippen LogP contribution in [0.1, 0.15) is 107 Å². The Hall–Kier alpha value is -3.98. The summed E-state index contributed by atoms with van der Waals surface area (Å²) in [7, 11) is 0. The lowest BCUT2D eigenvalue weighted by Gasteiger charge is -2.30. The van der Waals surface area contributed by atoms with Gasteiger partial charge in [0, 0.05) is 31.5 Å². The Bertz CT molecular complexity index is 1390. The summed E-state index contributed by atoms with van der Waals surface area (Å²) in [5.41, 5.74) is 5.92. The van der Waals surface area contributed by atoms with E-state index in [2.05, 4.69) is 95.7 Å². The van der Waals surface area contributed by atoms with Crippen molar-refractivity contribution in [3.63, 3.8) is 0 Å². The van der Waals surface area contributed by atoms with Crippen molar-refractivity contribution >= 4 is 17.7 Å². The number of aromatic nitrogens is 2. The molecule has 1 heterocycles. The SMILES string of the molecule is C=C/C=C\c1c(C)cccc1CC(C=C)CCc1c(CC)nc(OC[C@@H](C)CCCC)nc1N(CCCCC(=O)C=C)CC(C)CC#N. The van der Waals surface area contributed by atoms with Crippen LogP contribution in [0.5, 0.6) is 6.01 Å². The van der Waals surface area contributed by atoms with E-state index >= 15 is 0 Å². The largest absolute Gasteiger partial charge is 0.463 e. The highest BCUT2D eigenvalue weighted by molar-refractivity contribution is 5.88. The maximum Gasteiger partial charge on any atom is 0.318 e. The molecule has 2 aromatic rings. The molecular formula is C42H60N4O2. The quantitative estimate of drug-likeness (QED) is 0.0460. The minimum atomic E-state index is 0.0653. The van der Waals surface area contributed by atoms with Gasteiger partial charge in [-0.1, -0.05) is 96.2 Å². The fraction of sp³-hybridized carbons (Fsp3) is 0.524. The summed E-state index contributed by atoms with van der Waals surface area (Å²) in [5, 5.41) is 9.49. The van der Waals surface area contributed by atoms with Gasteiger partial charge in [0.1, 0.15) is 5.82 Å². The molecule has 0 aliphatic heterocycles. The number of hydrogen-bond acceptors (Lipinski definition) is 6. The molecule has 1 aromatic carbocycles. The number of carbonyl (C=O) groups is 1. The summed E-state index contributed by atoms with van der Waals surface area (Å²) >= 11 is 0. The predicted octanol–water partition coefficient (Wildman–Crippen LogP) is 10.0. The molecule has 2 rings (SSSR count). The van der Waals surface area contributed by atoms with E-state index in [-0.39, 0.29) is 17.6 Å². The van der Waals surface area contributed by atoms with E-state index in [4.69, 9.17) is 14.7 Å². The van der Waals surface area contributed by atoms with Gasteiger partial charge >= 0.3 is 6.01 Å². The normalized spacial score (nSPS) is 13.0. The molecule has 3 atom stereocenters. The van der Waals surface area contributed by atoms with Gasteiger partial charge in [-0.15, -0.1) is 6.58 Å². The van der Waals surface area contributed by atoms with E-state index in [0.717, 1.165) is 75.0 Å². The zero-order valence-corrected chi connectivity index (χ0v) is 30.5. The van der Waals surface area contributed by atoms with Crippen LogP contribution >= 0.6 is 0 Å². The lowest BCUT2D eigenvalue weighted by molar-refractivity contribution is -0.114. The van der Waals surface area contributed by atoms with Crippen molar-refractivity contribution in [1.29, 1.82) is 5.26 Å². The van der Waals surface area contributed by atoms with Gasteiger partial charge in [-0.25, -0.2) is 0 Å². The molecule has 0 radical (unpaired) electrons. The molecule has 0 N–H and O–H groups in total. The molecular weight excluding hydrogens is 592 g/mol. The molecule has 0 saturated carbocycles. The number of carbonyl (C=O) groups excluding carboxylic acids is 1. The van der Waals surface area contributed by atoms with Gasteiger partial charge in [-0.05, 0) is 92.4 Å². The van der Waals surface area contributed by atoms with Crippen LogP contribution in [-0.2, 0) is 24.1 Å². The van der Waals surface area contributed by atoms with Crippen molar-refractivity contribution in [2.75, 3.05) is 24.6 Å². The Labute approximate surface area is 291 Å². The number of ether oxygens (including phenoxy) is 1. The fourth-order valence-electron chi connectivity index (χ4n) is 6.04. The Morgan fingerprint density at radius 3 is 2.54 bits per heavy atom. The molecule has 1 aromatic heterocycles. The number of hydrogen-bond donors (Lipinski definition) is 0. The Morgan fingerprint density at radius 2 is 1.88 bits per heavy atom. The second-order valence-electron chi connectivity index (χ2n) is 13.2. The second-order valence-corrected chi connectivity index (χ2v) is 13.2. The molecule has 6 nitrogen and oxygen atoms in total. The monoisotopic (exact) mass is 652 g/mol. The standard InChI is InChI=1S/C42H60N4O2/c1-9-14-19-33(7)31-48-42-44-40(13-5)39(25-24-35(11-3)29-36-21-18-20-34(8)38(36)23-15-10-2)41(45-42)46(30-32(6)26-27-43)28-17-16-22-37(47)12-4/h10-12,15,18,20-21,23,32-33,35H,2-4,9,13-14,16-17,19,22,24-26,28-31H2,1,5-8H3/b23-15-/t32?,33-,35?/m0/s1. The highest BCUT2D eigenvalue weighted by Gasteiger charge is 2.23. The van der Waals surface area contributed by atoms with Gasteiger partial charge < -0.3 is 9.64 Å². The lowest BCUT2D eigenvalue weighted by atomic mass is 9.89. The maximum absolute atomic E-state index is 11.9. The number of allylic oxidation sites excluding steroid dienone is 4. The van der Waals surface area contributed by atoms with E-state index in [1.54, 1.807) is 0 Å². The van der Waals surface area contributed by atoms with Gasteiger partial charge in [0.2, 0.25) is 0 Å². The summed E-state index contributed by atoms with van der Waals surface area (Å²) < 4.78 is 6.27. The topological polar surface area (TPSA) is 79.1 Å². The van der Waals surface area contributed by atoms with Crippen LogP contribution in [0, 0.1) is 36.0 Å². The molecule has 0 saturated heterocycles. The number of rotatable bonds is 25. The van der Waals surface area contributed by atoms with Crippen molar-refractivity contribution in [1.82, 2.24) is 9.97 Å². The first kappa shape index (κ1) is 40.2. The van der Waals surface area contributed by atoms with Crippen LogP contribution in [0.3, 0.4) is 0 Å². The third kappa shape index (κ3) is 13.6. The predicted molar refractivity (Wildman–Crippen MR) is 202 cm³/mol.